The molecule has 4 rings (SSSR count). The van der Waals surface area contributed by atoms with Crippen molar-refractivity contribution in [2.75, 3.05) is 39.2 Å². The van der Waals surface area contributed by atoms with E-state index in [2.05, 4.69) is 9.97 Å². The van der Waals surface area contributed by atoms with Crippen molar-refractivity contribution >= 4 is 43.6 Å². The molecule has 0 spiro atoms. The van der Waals surface area contributed by atoms with E-state index >= 15 is 0 Å². The van der Waals surface area contributed by atoms with Crippen molar-refractivity contribution in [2.45, 2.75) is 6.92 Å². The van der Waals surface area contributed by atoms with Gasteiger partial charge in [-0.05, 0) is 44.8 Å². The van der Waals surface area contributed by atoms with Gasteiger partial charge in [-0.3, -0.25) is 14.7 Å². The molecule has 2 aromatic carbocycles. The number of methoxy groups -OCH3 is 1. The van der Waals surface area contributed by atoms with E-state index in [1.54, 1.807) is 12.0 Å². The molecule has 8 heteroatoms. The summed E-state index contributed by atoms with van der Waals surface area (Å²) in [4.78, 5) is 30.9. The number of ether oxygens (including phenoxy) is 1. The quantitative estimate of drug-likeness (QED) is 0.472. The van der Waals surface area contributed by atoms with E-state index in [4.69, 9.17) is 9.72 Å². The number of anilines is 1. The van der Waals surface area contributed by atoms with Gasteiger partial charge >= 0.3 is 0 Å². The number of amides is 1. The molecule has 0 saturated carbocycles. The summed E-state index contributed by atoms with van der Waals surface area (Å²) < 4.78 is 6.49. The summed E-state index contributed by atoms with van der Waals surface area (Å²) in [5.41, 5.74) is 3.62. The van der Waals surface area contributed by atoms with Gasteiger partial charge in [-0.25, -0.2) is 9.97 Å². The lowest BCUT2D eigenvalue weighted by molar-refractivity contribution is 0.0980. The number of aromatic nitrogens is 3. The number of nitrogens with zero attached hydrogens (tertiary/aromatic N) is 5. The number of carbonyl (C=O) groups is 1. The fraction of sp³-hybridized carbons (Fsp3) is 0.273. The molecule has 0 atom stereocenters. The highest BCUT2D eigenvalue weighted by atomic mass is 32.1. The van der Waals surface area contributed by atoms with Crippen LogP contribution in [0.3, 0.4) is 0 Å². The first-order valence-electron chi connectivity index (χ1n) is 9.60. The number of rotatable bonds is 6. The topological polar surface area (TPSA) is 71.5 Å². The Morgan fingerprint density at radius 1 is 1.07 bits per heavy atom. The highest BCUT2D eigenvalue weighted by Gasteiger charge is 2.24. The van der Waals surface area contributed by atoms with E-state index in [0.29, 0.717) is 35.2 Å². The minimum Gasteiger partial charge on any atom is -0.494 e. The molecule has 7 nitrogen and oxygen atoms in total. The number of hydrogen-bond acceptors (Lipinski definition) is 7. The second-order valence-corrected chi connectivity index (χ2v) is 8.24. The Hall–Kier alpha value is -3.10. The molecule has 0 fully saturated rings. The van der Waals surface area contributed by atoms with Crippen LogP contribution in [0, 0.1) is 6.92 Å². The SMILES string of the molecule is COc1ccc(C)c2sc(N(CCN(C)C)C(=O)c3cnc4ccccc4n3)nc12. The third kappa shape index (κ3) is 3.83. The molecule has 0 bridgehead atoms. The van der Waals surface area contributed by atoms with Gasteiger partial charge in [0.1, 0.15) is 17.0 Å². The average molecular weight is 422 g/mol. The number of carbonyl (C=O) groups excluding carboxylic acids is 1. The molecule has 0 unspecified atom stereocenters. The van der Waals surface area contributed by atoms with Gasteiger partial charge in [0.2, 0.25) is 0 Å². The predicted octanol–water partition coefficient (Wildman–Crippen LogP) is 3.76. The third-order valence-corrected chi connectivity index (χ3v) is 6.04. The summed E-state index contributed by atoms with van der Waals surface area (Å²) in [7, 11) is 5.58. The van der Waals surface area contributed by atoms with Crippen LogP contribution in [0.2, 0.25) is 0 Å². The van der Waals surface area contributed by atoms with Crippen molar-refractivity contribution in [1.29, 1.82) is 0 Å². The number of fused-ring (bicyclic) bond motifs is 2. The molecular formula is C22H23N5O2S. The van der Waals surface area contributed by atoms with Crippen molar-refractivity contribution in [3.8, 4) is 5.75 Å². The lowest BCUT2D eigenvalue weighted by atomic mass is 10.2. The molecule has 0 aliphatic carbocycles. The molecule has 2 aromatic heterocycles. The number of likely N-dealkylation sites (N-methyl/N-ethyl adjacent to an activating group) is 1. The Labute approximate surface area is 179 Å². The fourth-order valence-corrected chi connectivity index (χ4v) is 4.24. The molecule has 0 saturated heterocycles. The second-order valence-electron chi connectivity index (χ2n) is 7.26. The van der Waals surface area contributed by atoms with Gasteiger partial charge in [-0.15, -0.1) is 0 Å². The zero-order chi connectivity index (χ0) is 21.3. The summed E-state index contributed by atoms with van der Waals surface area (Å²) in [5, 5.41) is 0.624. The Kier molecular flexibility index (Phi) is 5.61. The van der Waals surface area contributed by atoms with Crippen molar-refractivity contribution < 1.29 is 9.53 Å². The van der Waals surface area contributed by atoms with Crippen LogP contribution in [0.15, 0.2) is 42.6 Å². The summed E-state index contributed by atoms with van der Waals surface area (Å²) in [6, 6.07) is 11.4. The molecule has 0 aliphatic rings. The van der Waals surface area contributed by atoms with Crippen LogP contribution in [0.5, 0.6) is 5.75 Å². The van der Waals surface area contributed by atoms with Gasteiger partial charge in [0.15, 0.2) is 5.13 Å². The van der Waals surface area contributed by atoms with Crippen molar-refractivity contribution in [3.05, 3.63) is 53.9 Å². The van der Waals surface area contributed by atoms with E-state index in [1.165, 1.54) is 17.5 Å². The molecule has 1 amide bonds. The third-order valence-electron chi connectivity index (χ3n) is 4.83. The highest BCUT2D eigenvalue weighted by Crippen LogP contribution is 2.36. The maximum absolute atomic E-state index is 13.5. The minimum atomic E-state index is -0.217. The fourth-order valence-electron chi connectivity index (χ4n) is 3.16. The van der Waals surface area contributed by atoms with Gasteiger partial charge < -0.3 is 9.64 Å². The Bertz CT molecular complexity index is 1220. The van der Waals surface area contributed by atoms with Gasteiger partial charge in [0, 0.05) is 13.1 Å². The van der Waals surface area contributed by atoms with Crippen LogP contribution in [0.4, 0.5) is 5.13 Å². The molecule has 154 valence electrons. The first-order valence-corrected chi connectivity index (χ1v) is 10.4. The maximum Gasteiger partial charge on any atom is 0.280 e. The first-order chi connectivity index (χ1) is 14.5. The number of thiazole rings is 1. The largest absolute Gasteiger partial charge is 0.494 e. The maximum atomic E-state index is 13.5. The minimum absolute atomic E-state index is 0.217. The van der Waals surface area contributed by atoms with Gasteiger partial charge in [-0.2, -0.15) is 0 Å². The smallest absolute Gasteiger partial charge is 0.280 e. The molecule has 30 heavy (non-hydrogen) atoms. The Morgan fingerprint density at radius 2 is 1.83 bits per heavy atom. The molecule has 2 heterocycles. The van der Waals surface area contributed by atoms with Gasteiger partial charge in [-0.1, -0.05) is 29.5 Å². The first kappa shape index (κ1) is 20.2. The van der Waals surface area contributed by atoms with Crippen LogP contribution in [0.25, 0.3) is 21.3 Å². The lowest BCUT2D eigenvalue weighted by Gasteiger charge is -2.21. The van der Waals surface area contributed by atoms with Crippen LogP contribution in [0.1, 0.15) is 16.1 Å². The molecular weight excluding hydrogens is 398 g/mol. The van der Waals surface area contributed by atoms with Crippen molar-refractivity contribution in [1.82, 2.24) is 19.9 Å². The molecule has 0 radical (unpaired) electrons. The van der Waals surface area contributed by atoms with E-state index in [9.17, 15) is 4.79 Å². The zero-order valence-electron chi connectivity index (χ0n) is 17.4. The number of benzene rings is 2. The lowest BCUT2D eigenvalue weighted by Crippen LogP contribution is -2.37. The molecule has 4 aromatic rings. The average Bonchev–Trinajstić information content (AvgIpc) is 3.19. The van der Waals surface area contributed by atoms with Gasteiger partial charge in [0.25, 0.3) is 5.91 Å². The summed E-state index contributed by atoms with van der Waals surface area (Å²) in [6.45, 7) is 3.21. The van der Waals surface area contributed by atoms with E-state index in [1.807, 2.05) is 62.3 Å². The Morgan fingerprint density at radius 3 is 2.57 bits per heavy atom. The number of para-hydroxylation sites is 2. The van der Waals surface area contributed by atoms with Crippen LogP contribution < -0.4 is 9.64 Å². The van der Waals surface area contributed by atoms with Crippen molar-refractivity contribution in [3.63, 3.8) is 0 Å². The van der Waals surface area contributed by atoms with Crippen molar-refractivity contribution in [2.24, 2.45) is 0 Å². The Balaban J connectivity index is 1.78. The summed E-state index contributed by atoms with van der Waals surface area (Å²) >= 11 is 1.49. The monoisotopic (exact) mass is 421 g/mol. The highest BCUT2D eigenvalue weighted by molar-refractivity contribution is 7.22. The van der Waals surface area contributed by atoms with E-state index in [0.717, 1.165) is 21.3 Å². The van der Waals surface area contributed by atoms with Gasteiger partial charge in [0.05, 0.1) is 29.0 Å². The van der Waals surface area contributed by atoms with Crippen LogP contribution in [-0.2, 0) is 0 Å². The van der Waals surface area contributed by atoms with Crippen LogP contribution in [-0.4, -0.2) is 60.1 Å². The molecule has 0 N–H and O–H groups in total. The second kappa shape index (κ2) is 8.33. The standard InChI is InChI=1S/C22H23N5O2S/c1-14-9-10-18(29-4)19-20(14)30-22(25-19)27(12-11-26(2)3)21(28)17-13-23-15-7-5-6-8-16(15)24-17/h5-10,13H,11-12H2,1-4H3. The van der Waals surface area contributed by atoms with Crippen LogP contribution >= 0.6 is 11.3 Å². The number of hydrogen-bond donors (Lipinski definition) is 0. The summed E-state index contributed by atoms with van der Waals surface area (Å²) in [6.07, 6.45) is 1.53. The van der Waals surface area contributed by atoms with E-state index < -0.39 is 0 Å². The number of aryl methyl sites for hydroxylation is 1. The normalized spacial score (nSPS) is 11.4. The van der Waals surface area contributed by atoms with E-state index in [-0.39, 0.29) is 5.91 Å². The zero-order valence-corrected chi connectivity index (χ0v) is 18.2. The summed E-state index contributed by atoms with van der Waals surface area (Å²) in [5.74, 6) is 0.481. The predicted molar refractivity (Wildman–Crippen MR) is 121 cm³/mol. The molecule has 0 aliphatic heterocycles.